The minimum atomic E-state index is 0.532. The van der Waals surface area contributed by atoms with E-state index in [-0.39, 0.29) is 0 Å². The van der Waals surface area contributed by atoms with Crippen LogP contribution in [-0.4, -0.2) is 13.2 Å². The third-order valence-electron chi connectivity index (χ3n) is 2.57. The van der Waals surface area contributed by atoms with Crippen molar-refractivity contribution >= 4 is 0 Å². The van der Waals surface area contributed by atoms with Crippen LogP contribution in [0.1, 0.15) is 24.9 Å². The highest BCUT2D eigenvalue weighted by atomic mass is 16.5. The Bertz CT molecular complexity index is 292. The van der Waals surface area contributed by atoms with E-state index in [1.165, 1.54) is 12.0 Å². The quantitative estimate of drug-likeness (QED) is 0.747. The van der Waals surface area contributed by atoms with Gasteiger partial charge in [-0.15, -0.1) is 0 Å². The second kappa shape index (κ2) is 3.38. The summed E-state index contributed by atoms with van der Waals surface area (Å²) in [5.41, 5.74) is 1.33. The minimum Gasteiger partial charge on any atom is -0.497 e. The number of nitrogens with one attached hydrogen (secondary N) is 1. The molecule has 1 heterocycles. The molecule has 70 valence electrons. The molecule has 1 aliphatic heterocycles. The molecule has 1 saturated heterocycles. The van der Waals surface area contributed by atoms with E-state index in [0.29, 0.717) is 12.1 Å². The summed E-state index contributed by atoms with van der Waals surface area (Å²) < 4.78 is 5.17. The molecular weight excluding hydrogens is 162 g/mol. The smallest absolute Gasteiger partial charge is 0.119 e. The number of ether oxygens (including phenoxy) is 1. The normalized spacial score (nSPS) is 26.6. The molecule has 2 atom stereocenters. The number of hydrogen-bond donors (Lipinski definition) is 1. The highest BCUT2D eigenvalue weighted by molar-refractivity contribution is 5.31. The third-order valence-corrected chi connectivity index (χ3v) is 2.57. The molecule has 0 aromatic heterocycles. The molecule has 0 bridgehead atoms. The molecule has 2 nitrogen and oxygen atoms in total. The zero-order valence-corrected chi connectivity index (χ0v) is 8.08. The van der Waals surface area contributed by atoms with Crippen LogP contribution in [0.3, 0.4) is 0 Å². The van der Waals surface area contributed by atoms with Crippen molar-refractivity contribution in [3.05, 3.63) is 29.8 Å². The van der Waals surface area contributed by atoms with E-state index in [1.54, 1.807) is 7.11 Å². The average Bonchev–Trinajstić information content (AvgIpc) is 2.13. The van der Waals surface area contributed by atoms with Gasteiger partial charge in [0.15, 0.2) is 0 Å². The van der Waals surface area contributed by atoms with E-state index in [0.717, 1.165) is 5.75 Å². The first kappa shape index (κ1) is 8.57. The van der Waals surface area contributed by atoms with Gasteiger partial charge in [-0.3, -0.25) is 0 Å². The van der Waals surface area contributed by atoms with Crippen LogP contribution in [0.2, 0.25) is 0 Å². The second-order valence-corrected chi connectivity index (χ2v) is 3.63. The van der Waals surface area contributed by atoms with Gasteiger partial charge in [-0.2, -0.15) is 0 Å². The maximum atomic E-state index is 5.17. The first-order valence-electron chi connectivity index (χ1n) is 4.69. The van der Waals surface area contributed by atoms with Crippen molar-refractivity contribution in [2.75, 3.05) is 7.11 Å². The van der Waals surface area contributed by atoms with Crippen molar-refractivity contribution in [2.45, 2.75) is 25.4 Å². The number of benzene rings is 1. The predicted molar refractivity (Wildman–Crippen MR) is 52.9 cm³/mol. The fourth-order valence-electron chi connectivity index (χ4n) is 1.76. The van der Waals surface area contributed by atoms with E-state index in [2.05, 4.69) is 24.4 Å². The number of hydrogen-bond acceptors (Lipinski definition) is 2. The molecule has 1 aliphatic rings. The van der Waals surface area contributed by atoms with Crippen LogP contribution in [0.25, 0.3) is 0 Å². The molecule has 0 radical (unpaired) electrons. The summed E-state index contributed by atoms with van der Waals surface area (Å²) in [6.07, 6.45) is 1.23. The number of rotatable bonds is 2. The summed E-state index contributed by atoms with van der Waals surface area (Å²) in [6, 6.07) is 9.46. The van der Waals surface area contributed by atoms with Gasteiger partial charge in [0.2, 0.25) is 0 Å². The number of methoxy groups -OCH3 is 1. The van der Waals surface area contributed by atoms with E-state index < -0.39 is 0 Å². The van der Waals surface area contributed by atoms with Crippen molar-refractivity contribution < 1.29 is 4.74 Å². The lowest BCUT2D eigenvalue weighted by Crippen LogP contribution is -2.43. The van der Waals surface area contributed by atoms with Crippen LogP contribution in [-0.2, 0) is 0 Å². The molecule has 2 rings (SSSR count). The Labute approximate surface area is 78.9 Å². The van der Waals surface area contributed by atoms with E-state index in [9.17, 15) is 0 Å². The summed E-state index contributed by atoms with van der Waals surface area (Å²) in [7, 11) is 1.70. The van der Waals surface area contributed by atoms with Crippen molar-refractivity contribution in [1.82, 2.24) is 5.32 Å². The van der Waals surface area contributed by atoms with Crippen LogP contribution in [0, 0.1) is 0 Å². The van der Waals surface area contributed by atoms with Gasteiger partial charge in [0.25, 0.3) is 0 Å². The molecule has 2 unspecified atom stereocenters. The van der Waals surface area contributed by atoms with Crippen LogP contribution in [0.5, 0.6) is 5.75 Å². The largest absolute Gasteiger partial charge is 0.497 e. The Morgan fingerprint density at radius 3 is 2.85 bits per heavy atom. The Kier molecular flexibility index (Phi) is 2.23. The molecule has 2 heteroatoms. The Balaban J connectivity index is 2.12. The van der Waals surface area contributed by atoms with Crippen LogP contribution < -0.4 is 10.1 Å². The predicted octanol–water partition coefficient (Wildman–Crippen LogP) is 2.12. The summed E-state index contributed by atoms with van der Waals surface area (Å²) in [5.74, 6) is 0.943. The van der Waals surface area contributed by atoms with Gasteiger partial charge in [0.05, 0.1) is 7.11 Å². The van der Waals surface area contributed by atoms with Crippen LogP contribution in [0.4, 0.5) is 0 Å². The molecule has 1 fully saturated rings. The van der Waals surface area contributed by atoms with E-state index in [4.69, 9.17) is 4.74 Å². The van der Waals surface area contributed by atoms with Gasteiger partial charge in [-0.25, -0.2) is 0 Å². The zero-order valence-electron chi connectivity index (χ0n) is 8.08. The van der Waals surface area contributed by atoms with Gasteiger partial charge in [-0.1, -0.05) is 12.1 Å². The zero-order chi connectivity index (χ0) is 9.26. The fourth-order valence-corrected chi connectivity index (χ4v) is 1.76. The molecule has 0 aliphatic carbocycles. The van der Waals surface area contributed by atoms with Crippen molar-refractivity contribution in [2.24, 2.45) is 0 Å². The molecule has 0 saturated carbocycles. The second-order valence-electron chi connectivity index (χ2n) is 3.63. The lowest BCUT2D eigenvalue weighted by molar-refractivity contribution is 0.287. The molecular formula is C11H15NO. The molecule has 1 aromatic rings. The highest BCUT2D eigenvalue weighted by Gasteiger charge is 2.25. The standard InChI is InChI=1S/C11H15NO/c1-8-6-11(12-8)9-4-3-5-10(7-9)13-2/h3-5,7-8,11-12H,6H2,1-2H3. The molecule has 0 spiro atoms. The molecule has 0 amide bonds. The van der Waals surface area contributed by atoms with Gasteiger partial charge in [0, 0.05) is 12.1 Å². The Morgan fingerprint density at radius 2 is 2.23 bits per heavy atom. The maximum Gasteiger partial charge on any atom is 0.119 e. The van der Waals surface area contributed by atoms with Crippen molar-refractivity contribution in [1.29, 1.82) is 0 Å². The van der Waals surface area contributed by atoms with Gasteiger partial charge in [0.1, 0.15) is 5.75 Å². The van der Waals surface area contributed by atoms with Crippen LogP contribution in [0.15, 0.2) is 24.3 Å². The summed E-state index contributed by atoms with van der Waals surface area (Å²) in [4.78, 5) is 0. The molecule has 1 N–H and O–H groups in total. The average molecular weight is 177 g/mol. The maximum absolute atomic E-state index is 5.17. The lowest BCUT2D eigenvalue weighted by atomic mass is 9.92. The van der Waals surface area contributed by atoms with Gasteiger partial charge in [-0.05, 0) is 31.0 Å². The molecule has 13 heavy (non-hydrogen) atoms. The lowest BCUT2D eigenvalue weighted by Gasteiger charge is -2.35. The first-order valence-corrected chi connectivity index (χ1v) is 4.69. The monoisotopic (exact) mass is 177 g/mol. The van der Waals surface area contributed by atoms with Crippen molar-refractivity contribution in [3.63, 3.8) is 0 Å². The third kappa shape index (κ3) is 1.68. The van der Waals surface area contributed by atoms with E-state index >= 15 is 0 Å². The molecule has 1 aromatic carbocycles. The minimum absolute atomic E-state index is 0.532. The fraction of sp³-hybridized carbons (Fsp3) is 0.455. The Morgan fingerprint density at radius 1 is 1.46 bits per heavy atom. The summed E-state index contributed by atoms with van der Waals surface area (Å²) in [5, 5.41) is 3.45. The summed E-state index contributed by atoms with van der Waals surface area (Å²) in [6.45, 7) is 2.21. The SMILES string of the molecule is COc1cccc(C2CC(C)N2)c1. The summed E-state index contributed by atoms with van der Waals surface area (Å²) >= 11 is 0. The Hall–Kier alpha value is -1.02. The first-order chi connectivity index (χ1) is 6.29. The van der Waals surface area contributed by atoms with Crippen LogP contribution >= 0.6 is 0 Å². The topological polar surface area (TPSA) is 21.3 Å². The van der Waals surface area contributed by atoms with Gasteiger partial charge >= 0.3 is 0 Å². The van der Waals surface area contributed by atoms with E-state index in [1.807, 2.05) is 12.1 Å². The van der Waals surface area contributed by atoms with Gasteiger partial charge < -0.3 is 10.1 Å². The highest BCUT2D eigenvalue weighted by Crippen LogP contribution is 2.29. The van der Waals surface area contributed by atoms with Crippen molar-refractivity contribution in [3.8, 4) is 5.75 Å².